The quantitative estimate of drug-likeness (QED) is 0.450. The van der Waals surface area contributed by atoms with Crippen LogP contribution < -0.4 is 11.4 Å². The minimum Gasteiger partial charge on any atom is -0.394 e. The van der Waals surface area contributed by atoms with E-state index in [0.29, 0.717) is 25.0 Å². The van der Waals surface area contributed by atoms with Gasteiger partial charge in [-0.15, -0.1) is 0 Å². The average Bonchev–Trinajstić information content (AvgIpc) is 3.14. The molecule has 1 aliphatic heterocycles. The standard InChI is InChI=1S/C11H18N3O5P.C3H8O2.C3H8O.C2H6/c1-7-5-14(11(15)13-10(7)12)9-4-3-8(19-9)6-18-20(2,16)17;1-5-3-2-4;1-3(2)4;1-2/h5,8-9H,3-4,6H2,1-2H3,(H,16,17)(H2,12,13,15);4H,2-3H2,1H3;3-4H,1-2H3;1-2H3. The highest BCUT2D eigenvalue weighted by molar-refractivity contribution is 7.51. The van der Waals surface area contributed by atoms with Crippen molar-refractivity contribution in [1.82, 2.24) is 9.55 Å². The lowest BCUT2D eigenvalue weighted by Crippen LogP contribution is -2.28. The first-order valence-electron chi connectivity index (χ1n) is 10.1. The second-order valence-electron chi connectivity index (χ2n) is 6.70. The van der Waals surface area contributed by atoms with Gasteiger partial charge in [-0.25, -0.2) is 4.79 Å². The molecular weight excluding hydrogens is 429 g/mol. The van der Waals surface area contributed by atoms with Crippen molar-refractivity contribution in [1.29, 1.82) is 0 Å². The number of rotatable bonds is 6. The van der Waals surface area contributed by atoms with E-state index in [2.05, 4.69) is 9.72 Å². The van der Waals surface area contributed by atoms with Gasteiger partial charge in [0.1, 0.15) is 12.0 Å². The van der Waals surface area contributed by atoms with Crippen molar-refractivity contribution in [3.63, 3.8) is 0 Å². The number of methoxy groups -OCH3 is 1. The fraction of sp³-hybridized carbons (Fsp3) is 0.789. The molecule has 1 aromatic rings. The minimum absolute atomic E-state index is 0.0247. The SMILES string of the molecule is CC.CC(C)O.COCCO.Cc1cn(C2CCC(COP(C)(=O)O)O2)c(=O)nc1N. The molecule has 3 unspecified atom stereocenters. The van der Waals surface area contributed by atoms with Gasteiger partial charge in [-0.2, -0.15) is 4.98 Å². The fourth-order valence-electron chi connectivity index (χ4n) is 2.11. The summed E-state index contributed by atoms with van der Waals surface area (Å²) in [5.41, 5.74) is 5.79. The molecule has 1 aliphatic rings. The van der Waals surface area contributed by atoms with Crippen LogP contribution in [-0.4, -0.2) is 70.5 Å². The van der Waals surface area contributed by atoms with Crippen LogP contribution in [0.2, 0.25) is 0 Å². The second kappa shape index (κ2) is 17.3. The monoisotopic (exact) mass is 469 g/mol. The summed E-state index contributed by atoms with van der Waals surface area (Å²) >= 11 is 0. The lowest BCUT2D eigenvalue weighted by molar-refractivity contribution is -0.0212. The van der Waals surface area contributed by atoms with Gasteiger partial charge in [0.25, 0.3) is 0 Å². The molecule has 184 valence electrons. The Morgan fingerprint density at radius 3 is 2.35 bits per heavy atom. The summed E-state index contributed by atoms with van der Waals surface area (Å²) in [5, 5.41) is 16.0. The van der Waals surface area contributed by atoms with Crippen LogP contribution in [0.3, 0.4) is 0 Å². The highest BCUT2D eigenvalue weighted by Crippen LogP contribution is 2.38. The molecule has 3 atom stereocenters. The van der Waals surface area contributed by atoms with Crippen LogP contribution in [0.5, 0.6) is 0 Å². The highest BCUT2D eigenvalue weighted by Gasteiger charge is 2.29. The van der Waals surface area contributed by atoms with Crippen LogP contribution in [0.25, 0.3) is 0 Å². The number of hydrogen-bond donors (Lipinski definition) is 4. The molecule has 12 heteroatoms. The fourth-order valence-corrected chi connectivity index (χ4v) is 2.55. The summed E-state index contributed by atoms with van der Waals surface area (Å²) < 4.78 is 27.4. The number of nitrogen functional groups attached to an aromatic ring is 1. The predicted octanol–water partition coefficient (Wildman–Crippen LogP) is 1.68. The molecule has 2 rings (SSSR count). The van der Waals surface area contributed by atoms with Crippen LogP contribution in [0.1, 0.15) is 52.3 Å². The van der Waals surface area contributed by atoms with E-state index in [1.165, 1.54) is 4.57 Å². The number of nitrogens with two attached hydrogens (primary N) is 1. The van der Waals surface area contributed by atoms with Crippen molar-refractivity contribution in [2.45, 2.75) is 65.9 Å². The van der Waals surface area contributed by atoms with Crippen LogP contribution in [0.4, 0.5) is 5.82 Å². The molecule has 2 heterocycles. The van der Waals surface area contributed by atoms with Crippen LogP contribution in [0, 0.1) is 6.92 Å². The molecule has 0 saturated carbocycles. The van der Waals surface area contributed by atoms with Crippen LogP contribution >= 0.6 is 7.60 Å². The third-order valence-electron chi connectivity index (χ3n) is 3.36. The second-order valence-corrected chi connectivity index (χ2v) is 8.56. The zero-order chi connectivity index (χ0) is 24.6. The molecule has 0 aliphatic carbocycles. The van der Waals surface area contributed by atoms with E-state index < -0.39 is 19.5 Å². The molecule has 5 N–H and O–H groups in total. The molecule has 0 aromatic carbocycles. The number of aliphatic hydroxyl groups is 2. The largest absolute Gasteiger partial charge is 0.394 e. The number of aliphatic hydroxyl groups excluding tert-OH is 2. The first-order chi connectivity index (χ1) is 14.4. The van der Waals surface area contributed by atoms with Gasteiger partial charge in [-0.1, -0.05) is 13.8 Å². The van der Waals surface area contributed by atoms with E-state index in [-0.39, 0.29) is 31.2 Å². The predicted molar refractivity (Wildman–Crippen MR) is 120 cm³/mol. The Hall–Kier alpha value is -1.33. The Kier molecular flexibility index (Phi) is 17.7. The Bertz CT molecular complexity index is 688. The molecule has 1 fully saturated rings. The van der Waals surface area contributed by atoms with Crippen molar-refractivity contribution in [3.8, 4) is 0 Å². The van der Waals surface area contributed by atoms with Crippen LogP contribution in [-0.2, 0) is 18.6 Å². The number of aryl methyl sites for hydroxylation is 1. The van der Waals surface area contributed by atoms with Gasteiger partial charge in [0.2, 0.25) is 0 Å². The number of ether oxygens (including phenoxy) is 2. The van der Waals surface area contributed by atoms with Crippen molar-refractivity contribution in [2.24, 2.45) is 0 Å². The Labute approximate surface area is 184 Å². The zero-order valence-electron chi connectivity index (χ0n) is 19.6. The molecule has 31 heavy (non-hydrogen) atoms. The molecule has 1 aromatic heterocycles. The summed E-state index contributed by atoms with van der Waals surface area (Å²) in [6, 6.07) is 0. The van der Waals surface area contributed by atoms with Gasteiger partial charge < -0.3 is 34.8 Å². The molecular formula is C19H40N3O8P. The smallest absolute Gasteiger partial charge is 0.351 e. The first-order valence-corrected chi connectivity index (χ1v) is 12.2. The van der Waals surface area contributed by atoms with E-state index in [1.54, 1.807) is 34.1 Å². The van der Waals surface area contributed by atoms with Gasteiger partial charge in [0.15, 0.2) is 0 Å². The molecule has 0 spiro atoms. The minimum atomic E-state index is -3.51. The van der Waals surface area contributed by atoms with E-state index in [1.807, 2.05) is 13.8 Å². The maximum atomic E-state index is 11.8. The van der Waals surface area contributed by atoms with Crippen molar-refractivity contribution in [3.05, 3.63) is 22.2 Å². The van der Waals surface area contributed by atoms with Gasteiger partial charge in [-0.05, 0) is 33.6 Å². The average molecular weight is 470 g/mol. The number of hydrogen-bond acceptors (Lipinski definition) is 9. The van der Waals surface area contributed by atoms with Crippen molar-refractivity contribution >= 4 is 13.4 Å². The van der Waals surface area contributed by atoms with E-state index in [4.69, 9.17) is 30.1 Å². The zero-order valence-corrected chi connectivity index (χ0v) is 20.5. The van der Waals surface area contributed by atoms with Gasteiger partial charge in [0, 0.05) is 31.6 Å². The number of nitrogens with zero attached hydrogens (tertiary/aromatic N) is 2. The molecule has 0 radical (unpaired) electrons. The Balaban J connectivity index is 0. The molecule has 0 bridgehead atoms. The molecule has 0 amide bonds. The van der Waals surface area contributed by atoms with Crippen LogP contribution in [0.15, 0.2) is 11.0 Å². The van der Waals surface area contributed by atoms with Crippen molar-refractivity contribution in [2.75, 3.05) is 39.3 Å². The topological polar surface area (TPSA) is 166 Å². The van der Waals surface area contributed by atoms with Gasteiger partial charge in [-0.3, -0.25) is 9.13 Å². The van der Waals surface area contributed by atoms with E-state index in [9.17, 15) is 9.36 Å². The summed E-state index contributed by atoms with van der Waals surface area (Å²) in [6.45, 7) is 10.9. The highest BCUT2D eigenvalue weighted by atomic mass is 31.2. The lowest BCUT2D eigenvalue weighted by Gasteiger charge is -2.17. The van der Waals surface area contributed by atoms with Crippen molar-refractivity contribution < 1.29 is 33.7 Å². The van der Waals surface area contributed by atoms with E-state index in [0.717, 1.165) is 6.66 Å². The first kappa shape index (κ1) is 31.9. The normalized spacial score (nSPS) is 19.2. The van der Waals surface area contributed by atoms with E-state index >= 15 is 0 Å². The summed E-state index contributed by atoms with van der Waals surface area (Å²) in [6.07, 6.45) is 1.93. The summed E-state index contributed by atoms with van der Waals surface area (Å²) in [4.78, 5) is 24.6. The third kappa shape index (κ3) is 16.0. The molecule has 1 saturated heterocycles. The van der Waals surface area contributed by atoms with Gasteiger partial charge in [0.05, 0.1) is 25.9 Å². The number of anilines is 1. The number of aromatic nitrogens is 2. The Morgan fingerprint density at radius 1 is 1.39 bits per heavy atom. The van der Waals surface area contributed by atoms with Gasteiger partial charge >= 0.3 is 13.3 Å². The lowest BCUT2D eigenvalue weighted by atomic mass is 10.2. The Morgan fingerprint density at radius 2 is 1.94 bits per heavy atom. The maximum Gasteiger partial charge on any atom is 0.351 e. The summed E-state index contributed by atoms with van der Waals surface area (Å²) in [5.74, 6) is 0.205. The maximum absolute atomic E-state index is 11.8. The summed E-state index contributed by atoms with van der Waals surface area (Å²) in [7, 11) is -1.96. The third-order valence-corrected chi connectivity index (χ3v) is 3.99. The molecule has 11 nitrogen and oxygen atoms in total.